The number of hydrogen-bond donors (Lipinski definition) is 0. The van der Waals surface area contributed by atoms with E-state index in [0.29, 0.717) is 12.8 Å². The monoisotopic (exact) mass is 184 g/mol. The Bertz CT molecular complexity index is 210. The zero-order chi connectivity index (χ0) is 9.84. The minimum Gasteiger partial charge on any atom is -0.462 e. The second-order valence-electron chi connectivity index (χ2n) is 3.47. The molecule has 3 nitrogen and oxygen atoms in total. The molecule has 3 heteroatoms. The van der Waals surface area contributed by atoms with Crippen molar-refractivity contribution < 1.29 is 14.3 Å². The molecule has 13 heavy (non-hydrogen) atoms. The Kier molecular flexibility index (Phi) is 3.46. The third-order valence-corrected chi connectivity index (χ3v) is 2.41. The Balaban J connectivity index is 2.52. The second-order valence-corrected chi connectivity index (χ2v) is 3.47. The van der Waals surface area contributed by atoms with Gasteiger partial charge in [0.25, 0.3) is 0 Å². The summed E-state index contributed by atoms with van der Waals surface area (Å²) in [6, 6.07) is 0. The number of ketones is 1. The van der Waals surface area contributed by atoms with Crippen molar-refractivity contribution >= 4 is 11.8 Å². The van der Waals surface area contributed by atoms with E-state index in [-0.39, 0.29) is 17.9 Å². The first-order chi connectivity index (χ1) is 6.19. The van der Waals surface area contributed by atoms with E-state index in [9.17, 15) is 9.59 Å². The van der Waals surface area contributed by atoms with E-state index < -0.39 is 5.92 Å². The number of carbonyl (C=O) groups excluding carboxylic acids is 2. The van der Waals surface area contributed by atoms with Crippen molar-refractivity contribution in [2.24, 2.45) is 5.92 Å². The molecule has 1 heterocycles. The number of cyclic esters (lactones) is 1. The number of rotatable bonds is 4. The van der Waals surface area contributed by atoms with Crippen molar-refractivity contribution in [1.29, 1.82) is 0 Å². The molecule has 0 spiro atoms. The summed E-state index contributed by atoms with van der Waals surface area (Å²) in [7, 11) is 0. The van der Waals surface area contributed by atoms with Crippen molar-refractivity contribution in [3.8, 4) is 0 Å². The summed E-state index contributed by atoms with van der Waals surface area (Å²) in [6.45, 7) is 3.90. The van der Waals surface area contributed by atoms with Crippen molar-refractivity contribution in [3.05, 3.63) is 0 Å². The van der Waals surface area contributed by atoms with Crippen LogP contribution < -0.4 is 0 Å². The fraction of sp³-hybridized carbons (Fsp3) is 0.800. The number of Topliss-reactive ketones (excluding diaryl/α,β-unsaturated/α-hetero) is 1. The zero-order valence-electron chi connectivity index (χ0n) is 8.21. The van der Waals surface area contributed by atoms with Crippen molar-refractivity contribution in [3.63, 3.8) is 0 Å². The summed E-state index contributed by atoms with van der Waals surface area (Å²) >= 11 is 0. The van der Waals surface area contributed by atoms with Gasteiger partial charge in [-0.05, 0) is 12.8 Å². The van der Waals surface area contributed by atoms with Gasteiger partial charge in [0.05, 0.1) is 0 Å². The molecule has 1 saturated heterocycles. The molecule has 0 aliphatic carbocycles. The molecule has 0 amide bonds. The molecule has 0 unspecified atom stereocenters. The van der Waals surface area contributed by atoms with Crippen LogP contribution in [0.1, 0.15) is 39.5 Å². The van der Waals surface area contributed by atoms with Gasteiger partial charge in [-0.1, -0.05) is 13.8 Å². The molecule has 2 atom stereocenters. The van der Waals surface area contributed by atoms with Gasteiger partial charge in [-0.2, -0.15) is 0 Å². The maximum Gasteiger partial charge on any atom is 0.316 e. The number of carbonyl (C=O) groups is 2. The molecule has 1 aliphatic rings. The third kappa shape index (κ3) is 2.29. The lowest BCUT2D eigenvalue weighted by molar-refractivity contribution is -0.146. The molecule has 0 aromatic heterocycles. The summed E-state index contributed by atoms with van der Waals surface area (Å²) in [6.07, 6.45) is 2.67. The number of ether oxygens (including phenoxy) is 1. The van der Waals surface area contributed by atoms with Gasteiger partial charge in [-0.15, -0.1) is 0 Å². The molecule has 1 fully saturated rings. The summed E-state index contributed by atoms with van der Waals surface area (Å²) in [5.41, 5.74) is 0. The van der Waals surface area contributed by atoms with E-state index in [4.69, 9.17) is 4.74 Å². The Morgan fingerprint density at radius 1 is 1.54 bits per heavy atom. The first-order valence-corrected chi connectivity index (χ1v) is 4.92. The van der Waals surface area contributed by atoms with Crippen molar-refractivity contribution in [1.82, 2.24) is 0 Å². The normalized spacial score (nSPS) is 27.4. The summed E-state index contributed by atoms with van der Waals surface area (Å²) in [5.74, 6) is -0.737. The van der Waals surface area contributed by atoms with Crippen molar-refractivity contribution in [2.75, 3.05) is 0 Å². The van der Waals surface area contributed by atoms with Crippen LogP contribution >= 0.6 is 0 Å². The second kappa shape index (κ2) is 4.40. The maximum atomic E-state index is 11.4. The van der Waals surface area contributed by atoms with Crippen LogP contribution in [-0.4, -0.2) is 17.9 Å². The molecule has 0 bridgehead atoms. The minimum atomic E-state index is -0.468. The van der Waals surface area contributed by atoms with Crippen LogP contribution in [0.25, 0.3) is 0 Å². The van der Waals surface area contributed by atoms with Crippen LogP contribution in [0.5, 0.6) is 0 Å². The van der Waals surface area contributed by atoms with Crippen LogP contribution in [0.4, 0.5) is 0 Å². The van der Waals surface area contributed by atoms with E-state index in [1.165, 1.54) is 0 Å². The van der Waals surface area contributed by atoms with E-state index in [2.05, 4.69) is 0 Å². The maximum absolute atomic E-state index is 11.4. The standard InChI is InChI=1S/C10H16O3/c1-3-5-9(11)8-6-7(4-2)13-10(8)12/h7-8H,3-6H2,1-2H3/t7-,8-/m1/s1. The minimum absolute atomic E-state index is 0.0293. The number of esters is 1. The van der Waals surface area contributed by atoms with Gasteiger partial charge < -0.3 is 4.74 Å². The fourth-order valence-electron chi connectivity index (χ4n) is 1.59. The predicted molar refractivity (Wildman–Crippen MR) is 48.2 cm³/mol. The van der Waals surface area contributed by atoms with E-state index in [1.807, 2.05) is 13.8 Å². The third-order valence-electron chi connectivity index (χ3n) is 2.41. The van der Waals surface area contributed by atoms with E-state index >= 15 is 0 Å². The highest BCUT2D eigenvalue weighted by Crippen LogP contribution is 2.25. The van der Waals surface area contributed by atoms with Crippen LogP contribution in [0.15, 0.2) is 0 Å². The lowest BCUT2D eigenvalue weighted by atomic mass is 9.96. The van der Waals surface area contributed by atoms with Crippen molar-refractivity contribution in [2.45, 2.75) is 45.6 Å². The molecule has 0 saturated carbocycles. The van der Waals surface area contributed by atoms with Gasteiger partial charge in [0.1, 0.15) is 17.8 Å². The molecule has 0 N–H and O–H groups in total. The molecule has 1 rings (SSSR count). The van der Waals surface area contributed by atoms with Gasteiger partial charge in [0.2, 0.25) is 0 Å². The molecule has 0 radical (unpaired) electrons. The van der Waals surface area contributed by atoms with Crippen LogP contribution in [0.3, 0.4) is 0 Å². The first kappa shape index (κ1) is 10.2. The lowest BCUT2D eigenvalue weighted by Gasteiger charge is -2.02. The highest BCUT2D eigenvalue weighted by atomic mass is 16.6. The highest BCUT2D eigenvalue weighted by molar-refractivity contribution is 6.00. The molecule has 74 valence electrons. The van der Waals surface area contributed by atoms with E-state index in [0.717, 1.165) is 12.8 Å². The van der Waals surface area contributed by atoms with Crippen LogP contribution in [0, 0.1) is 5.92 Å². The zero-order valence-corrected chi connectivity index (χ0v) is 8.21. The van der Waals surface area contributed by atoms with Crippen LogP contribution in [0.2, 0.25) is 0 Å². The Hall–Kier alpha value is -0.860. The Morgan fingerprint density at radius 3 is 2.69 bits per heavy atom. The van der Waals surface area contributed by atoms with Gasteiger partial charge in [0.15, 0.2) is 0 Å². The lowest BCUT2D eigenvalue weighted by Crippen LogP contribution is -2.18. The molecular weight excluding hydrogens is 168 g/mol. The Morgan fingerprint density at radius 2 is 2.23 bits per heavy atom. The largest absolute Gasteiger partial charge is 0.462 e. The molecule has 0 aromatic rings. The summed E-state index contributed by atoms with van der Waals surface area (Å²) in [5, 5.41) is 0. The highest BCUT2D eigenvalue weighted by Gasteiger charge is 2.37. The van der Waals surface area contributed by atoms with Gasteiger partial charge >= 0.3 is 5.97 Å². The van der Waals surface area contributed by atoms with Gasteiger partial charge in [-0.3, -0.25) is 9.59 Å². The smallest absolute Gasteiger partial charge is 0.316 e. The summed E-state index contributed by atoms with van der Waals surface area (Å²) < 4.78 is 5.03. The topological polar surface area (TPSA) is 43.4 Å². The SMILES string of the molecule is CCCC(=O)[C@H]1C[C@@H](CC)OC1=O. The molecule has 1 aliphatic heterocycles. The number of hydrogen-bond acceptors (Lipinski definition) is 3. The average molecular weight is 184 g/mol. The van der Waals surface area contributed by atoms with Gasteiger partial charge in [0, 0.05) is 12.8 Å². The molecule has 0 aromatic carbocycles. The quantitative estimate of drug-likeness (QED) is 0.493. The van der Waals surface area contributed by atoms with Crippen LogP contribution in [-0.2, 0) is 14.3 Å². The van der Waals surface area contributed by atoms with Gasteiger partial charge in [-0.25, -0.2) is 0 Å². The summed E-state index contributed by atoms with van der Waals surface area (Å²) in [4.78, 5) is 22.6. The Labute approximate surface area is 78.5 Å². The fourth-order valence-corrected chi connectivity index (χ4v) is 1.59. The molecular formula is C10H16O3. The predicted octanol–water partition coefficient (Wildman–Crippen LogP) is 1.70. The average Bonchev–Trinajstić information content (AvgIpc) is 2.47. The first-order valence-electron chi connectivity index (χ1n) is 4.92. The van der Waals surface area contributed by atoms with E-state index in [1.54, 1.807) is 0 Å².